The fourth-order valence-electron chi connectivity index (χ4n) is 5.11. The smallest absolute Gasteiger partial charge is 0.0300 e. The van der Waals surface area contributed by atoms with E-state index in [1.165, 1.54) is 36.0 Å². The maximum Gasteiger partial charge on any atom is 0.0300 e. The van der Waals surface area contributed by atoms with Gasteiger partial charge in [0.25, 0.3) is 0 Å². The maximum absolute atomic E-state index is 4.33. The highest BCUT2D eigenvalue weighted by molar-refractivity contribution is 5.33. The Morgan fingerprint density at radius 3 is 2.22 bits per heavy atom. The van der Waals surface area contributed by atoms with Gasteiger partial charge in [0.1, 0.15) is 0 Å². The number of pyridine rings is 1. The first-order valence-electron chi connectivity index (χ1n) is 9.32. The molecule has 0 bridgehead atoms. The van der Waals surface area contributed by atoms with Gasteiger partial charge in [-0.3, -0.25) is 9.88 Å². The second kappa shape index (κ2) is 6.93. The summed E-state index contributed by atoms with van der Waals surface area (Å²) in [5, 5.41) is 0. The molecule has 0 N–H and O–H groups in total. The van der Waals surface area contributed by atoms with E-state index in [0.717, 1.165) is 5.92 Å². The molecule has 2 rings (SSSR count). The molecule has 0 aliphatic carbocycles. The number of aromatic nitrogens is 1. The molecule has 0 spiro atoms. The van der Waals surface area contributed by atoms with Gasteiger partial charge in [0.2, 0.25) is 0 Å². The molecule has 130 valence electrons. The molecule has 1 fully saturated rings. The lowest BCUT2D eigenvalue weighted by atomic mass is 9.77. The third kappa shape index (κ3) is 3.96. The van der Waals surface area contributed by atoms with Gasteiger partial charge in [-0.1, -0.05) is 6.92 Å². The normalized spacial score (nSPS) is 27.9. The van der Waals surface area contributed by atoms with Crippen LogP contribution in [0.25, 0.3) is 0 Å². The largest absolute Gasteiger partial charge is 0.293 e. The Balaban J connectivity index is 2.16. The van der Waals surface area contributed by atoms with Gasteiger partial charge in [-0.2, -0.15) is 0 Å². The first kappa shape index (κ1) is 18.4. The number of hydrogen-bond donors (Lipinski definition) is 0. The molecular formula is C21H36N2. The van der Waals surface area contributed by atoms with Crippen molar-refractivity contribution in [3.63, 3.8) is 0 Å². The molecular weight excluding hydrogens is 280 g/mol. The molecule has 0 saturated carbocycles. The minimum absolute atomic E-state index is 0.253. The van der Waals surface area contributed by atoms with E-state index in [2.05, 4.69) is 65.3 Å². The van der Waals surface area contributed by atoms with Crippen LogP contribution < -0.4 is 0 Å². The van der Waals surface area contributed by atoms with Gasteiger partial charge >= 0.3 is 0 Å². The van der Waals surface area contributed by atoms with Crippen LogP contribution in [-0.2, 0) is 0 Å². The van der Waals surface area contributed by atoms with Gasteiger partial charge in [-0.05, 0) is 96.3 Å². The Labute approximate surface area is 143 Å². The predicted octanol–water partition coefficient (Wildman–Crippen LogP) is 5.48. The van der Waals surface area contributed by atoms with E-state index >= 15 is 0 Å². The molecule has 0 aromatic carbocycles. The maximum atomic E-state index is 4.33. The summed E-state index contributed by atoms with van der Waals surface area (Å²) < 4.78 is 0. The van der Waals surface area contributed by atoms with E-state index in [1.54, 1.807) is 0 Å². The lowest BCUT2D eigenvalue weighted by Gasteiger charge is -2.51. The Kier molecular flexibility index (Phi) is 5.56. The number of nitrogens with zero attached hydrogens (tertiary/aromatic N) is 2. The zero-order valence-electron chi connectivity index (χ0n) is 16.5. The molecule has 0 amide bonds. The third-order valence-electron chi connectivity index (χ3n) is 5.86. The quantitative estimate of drug-likeness (QED) is 0.734. The van der Waals surface area contributed by atoms with Crippen LogP contribution in [0.2, 0.25) is 0 Å². The number of hydrogen-bond acceptors (Lipinski definition) is 2. The van der Waals surface area contributed by atoms with Crippen LogP contribution in [0.5, 0.6) is 0 Å². The first-order chi connectivity index (χ1) is 10.6. The van der Waals surface area contributed by atoms with Crippen LogP contribution in [0.1, 0.15) is 83.4 Å². The summed E-state index contributed by atoms with van der Waals surface area (Å²) in [5.74, 6) is 1.40. The summed E-state index contributed by atoms with van der Waals surface area (Å²) in [6.45, 7) is 18.8. The monoisotopic (exact) mass is 316 g/mol. The molecule has 23 heavy (non-hydrogen) atoms. The van der Waals surface area contributed by atoms with Crippen molar-refractivity contribution >= 4 is 0 Å². The van der Waals surface area contributed by atoms with Crippen molar-refractivity contribution in [2.45, 2.75) is 98.2 Å². The Hall–Kier alpha value is -0.890. The number of rotatable bonds is 3. The molecule has 2 heteroatoms. The zero-order chi connectivity index (χ0) is 17.4. The van der Waals surface area contributed by atoms with Crippen LogP contribution >= 0.6 is 0 Å². The topological polar surface area (TPSA) is 16.1 Å². The van der Waals surface area contributed by atoms with E-state index in [1.807, 2.05) is 12.4 Å². The summed E-state index contributed by atoms with van der Waals surface area (Å²) in [4.78, 5) is 7.08. The molecule has 2 nitrogen and oxygen atoms in total. The lowest BCUT2D eigenvalue weighted by Crippen LogP contribution is -2.57. The van der Waals surface area contributed by atoms with Crippen molar-refractivity contribution in [1.82, 2.24) is 9.88 Å². The van der Waals surface area contributed by atoms with Gasteiger partial charge in [0, 0.05) is 30.0 Å². The predicted molar refractivity (Wildman–Crippen MR) is 100.0 cm³/mol. The summed E-state index contributed by atoms with van der Waals surface area (Å²) in [5.41, 5.74) is 4.47. The van der Waals surface area contributed by atoms with Crippen LogP contribution in [0.3, 0.4) is 0 Å². The molecule has 1 aliphatic heterocycles. The third-order valence-corrected chi connectivity index (χ3v) is 5.86. The molecule has 4 atom stereocenters. The Bertz CT molecular complexity index is 509. The molecule has 1 aliphatic rings. The van der Waals surface area contributed by atoms with Crippen molar-refractivity contribution in [3.05, 3.63) is 29.1 Å². The first-order valence-corrected chi connectivity index (χ1v) is 9.32. The molecule has 0 radical (unpaired) electrons. The van der Waals surface area contributed by atoms with E-state index < -0.39 is 0 Å². The molecule has 1 saturated heterocycles. The number of aryl methyl sites for hydroxylation is 2. The molecule has 1 aromatic rings. The minimum atomic E-state index is 0.253. The zero-order valence-corrected chi connectivity index (χ0v) is 16.5. The lowest BCUT2D eigenvalue weighted by molar-refractivity contribution is -0.0187. The fourth-order valence-corrected chi connectivity index (χ4v) is 5.11. The fraction of sp³-hybridized carbons (Fsp3) is 0.762. The summed E-state index contributed by atoms with van der Waals surface area (Å²) in [6, 6.07) is 1.35. The van der Waals surface area contributed by atoms with E-state index in [-0.39, 0.29) is 5.54 Å². The van der Waals surface area contributed by atoms with Crippen LogP contribution in [0.4, 0.5) is 0 Å². The van der Waals surface area contributed by atoms with Crippen molar-refractivity contribution in [2.75, 3.05) is 0 Å². The van der Waals surface area contributed by atoms with Crippen LogP contribution in [0, 0.1) is 19.8 Å². The molecule has 1 aromatic heterocycles. The van der Waals surface area contributed by atoms with Crippen LogP contribution in [-0.4, -0.2) is 27.5 Å². The molecule has 2 heterocycles. The average Bonchev–Trinajstić information content (AvgIpc) is 2.40. The van der Waals surface area contributed by atoms with Crippen molar-refractivity contribution in [1.29, 1.82) is 0 Å². The van der Waals surface area contributed by atoms with Crippen molar-refractivity contribution in [3.8, 4) is 0 Å². The number of likely N-dealkylation sites (tertiary alicyclic amines) is 1. The summed E-state index contributed by atoms with van der Waals surface area (Å²) >= 11 is 0. The van der Waals surface area contributed by atoms with Crippen molar-refractivity contribution < 1.29 is 0 Å². The molecule has 4 unspecified atom stereocenters. The van der Waals surface area contributed by atoms with Gasteiger partial charge in [-0.25, -0.2) is 0 Å². The van der Waals surface area contributed by atoms with Gasteiger partial charge < -0.3 is 0 Å². The van der Waals surface area contributed by atoms with E-state index in [0.29, 0.717) is 18.0 Å². The highest BCUT2D eigenvalue weighted by Gasteiger charge is 2.38. The van der Waals surface area contributed by atoms with E-state index in [9.17, 15) is 0 Å². The standard InChI is InChI=1S/C21H36N2/c1-14(20-15(2)12-22-13-16(20)3)11-19-10-9-17(4)23(18(19)5)21(6,7)8/h12-14,17-19H,9-11H2,1-8H3. The number of piperidine rings is 1. The summed E-state index contributed by atoms with van der Waals surface area (Å²) in [7, 11) is 0. The highest BCUT2D eigenvalue weighted by Crippen LogP contribution is 2.39. The SMILES string of the molecule is Cc1cncc(C)c1C(C)CC1CCC(C)N(C(C)(C)C)C1C. The highest BCUT2D eigenvalue weighted by atomic mass is 15.2. The van der Waals surface area contributed by atoms with E-state index in [4.69, 9.17) is 0 Å². The summed E-state index contributed by atoms with van der Waals surface area (Å²) in [6.07, 6.45) is 8.02. The van der Waals surface area contributed by atoms with Gasteiger partial charge in [0.15, 0.2) is 0 Å². The van der Waals surface area contributed by atoms with Gasteiger partial charge in [-0.15, -0.1) is 0 Å². The minimum Gasteiger partial charge on any atom is -0.293 e. The van der Waals surface area contributed by atoms with Crippen molar-refractivity contribution in [2.24, 2.45) is 5.92 Å². The Morgan fingerprint density at radius 2 is 1.70 bits per heavy atom. The Morgan fingerprint density at radius 1 is 1.13 bits per heavy atom. The van der Waals surface area contributed by atoms with Gasteiger partial charge in [0.05, 0.1) is 0 Å². The average molecular weight is 317 g/mol. The van der Waals surface area contributed by atoms with Crippen LogP contribution in [0.15, 0.2) is 12.4 Å². The second-order valence-electron chi connectivity index (χ2n) is 8.83. The second-order valence-corrected chi connectivity index (χ2v) is 8.83.